The van der Waals surface area contributed by atoms with E-state index in [2.05, 4.69) is 26.0 Å². The van der Waals surface area contributed by atoms with E-state index in [0.29, 0.717) is 15.7 Å². The number of ether oxygens (including phenoxy) is 1. The third-order valence-electron chi connectivity index (χ3n) is 2.85. The van der Waals surface area contributed by atoms with Crippen LogP contribution < -0.4 is 10.9 Å². The molecule has 0 saturated carbocycles. The van der Waals surface area contributed by atoms with Crippen molar-refractivity contribution in [3.8, 4) is 0 Å². The molecule has 0 aliphatic rings. The normalized spacial score (nSPS) is 10.1. The summed E-state index contributed by atoms with van der Waals surface area (Å²) in [6.45, 7) is -0.100. The number of anilines is 1. The highest BCUT2D eigenvalue weighted by molar-refractivity contribution is 9.10. The second-order valence-electron chi connectivity index (χ2n) is 4.43. The first-order valence-corrected chi connectivity index (χ1v) is 7.13. The van der Waals surface area contributed by atoms with Crippen LogP contribution in [0.25, 0.3) is 0 Å². The molecule has 1 aromatic carbocycles. The van der Waals surface area contributed by atoms with Crippen molar-refractivity contribution in [3.05, 3.63) is 63.0 Å². The first kappa shape index (κ1) is 16.0. The third-order valence-corrected chi connectivity index (χ3v) is 3.32. The number of nitrogens with zero attached hydrogens (tertiary/aromatic N) is 1. The third kappa shape index (κ3) is 4.05. The van der Waals surface area contributed by atoms with Crippen LogP contribution in [0, 0.1) is 0 Å². The van der Waals surface area contributed by atoms with Crippen molar-refractivity contribution in [2.24, 2.45) is 0 Å². The van der Waals surface area contributed by atoms with E-state index in [4.69, 9.17) is 0 Å². The van der Waals surface area contributed by atoms with Gasteiger partial charge in [-0.1, -0.05) is 0 Å². The Labute approximate surface area is 134 Å². The number of aromatic nitrogens is 1. The lowest BCUT2D eigenvalue weighted by molar-refractivity contribution is -0.116. The van der Waals surface area contributed by atoms with Gasteiger partial charge in [-0.15, -0.1) is 0 Å². The molecule has 0 saturated heterocycles. The molecule has 1 N–H and O–H groups in total. The fourth-order valence-corrected chi connectivity index (χ4v) is 2.17. The fraction of sp³-hybridized carbons (Fsp3) is 0.133. The van der Waals surface area contributed by atoms with E-state index >= 15 is 0 Å². The standard InChI is InChI=1S/C15H13BrN2O4/c1-22-15(21)10-2-5-12(6-3-10)17-13(19)9-18-8-11(16)4-7-14(18)20/h2-8H,9H2,1H3,(H,17,19). The molecule has 0 bridgehead atoms. The first-order valence-electron chi connectivity index (χ1n) is 6.34. The first-order chi connectivity index (χ1) is 10.5. The van der Waals surface area contributed by atoms with Gasteiger partial charge in [0.05, 0.1) is 12.7 Å². The molecular formula is C15H13BrN2O4. The SMILES string of the molecule is COC(=O)c1ccc(NC(=O)Cn2cc(Br)ccc2=O)cc1. The van der Waals surface area contributed by atoms with Gasteiger partial charge in [0, 0.05) is 22.4 Å². The van der Waals surface area contributed by atoms with Gasteiger partial charge in [-0.25, -0.2) is 4.79 Å². The number of benzene rings is 1. The molecule has 22 heavy (non-hydrogen) atoms. The summed E-state index contributed by atoms with van der Waals surface area (Å²) in [5.41, 5.74) is 0.656. The van der Waals surface area contributed by atoms with E-state index in [1.54, 1.807) is 36.5 Å². The van der Waals surface area contributed by atoms with Crippen LogP contribution in [-0.4, -0.2) is 23.6 Å². The molecule has 0 atom stereocenters. The van der Waals surface area contributed by atoms with Crippen LogP contribution >= 0.6 is 15.9 Å². The maximum atomic E-state index is 11.9. The van der Waals surface area contributed by atoms with Gasteiger partial charge in [-0.2, -0.15) is 0 Å². The zero-order chi connectivity index (χ0) is 16.1. The smallest absolute Gasteiger partial charge is 0.337 e. The van der Waals surface area contributed by atoms with Crippen molar-refractivity contribution in [1.29, 1.82) is 0 Å². The summed E-state index contributed by atoms with van der Waals surface area (Å²) in [5, 5.41) is 2.66. The maximum Gasteiger partial charge on any atom is 0.337 e. The number of nitrogens with one attached hydrogen (secondary N) is 1. The van der Waals surface area contributed by atoms with Crippen LogP contribution in [0.5, 0.6) is 0 Å². The number of rotatable bonds is 4. The molecule has 0 unspecified atom stereocenters. The van der Waals surface area contributed by atoms with Gasteiger partial charge >= 0.3 is 5.97 Å². The monoisotopic (exact) mass is 364 g/mol. The van der Waals surface area contributed by atoms with Crippen LogP contribution in [-0.2, 0) is 16.1 Å². The quantitative estimate of drug-likeness (QED) is 0.842. The van der Waals surface area contributed by atoms with E-state index in [9.17, 15) is 14.4 Å². The number of hydrogen-bond acceptors (Lipinski definition) is 4. The molecule has 2 aromatic rings. The van der Waals surface area contributed by atoms with E-state index in [-0.39, 0.29) is 18.0 Å². The summed E-state index contributed by atoms with van der Waals surface area (Å²) in [4.78, 5) is 34.9. The van der Waals surface area contributed by atoms with E-state index in [1.807, 2.05) is 0 Å². The van der Waals surface area contributed by atoms with Crippen molar-refractivity contribution in [3.63, 3.8) is 0 Å². The van der Waals surface area contributed by atoms with Gasteiger partial charge < -0.3 is 14.6 Å². The van der Waals surface area contributed by atoms with Crippen LogP contribution in [0.2, 0.25) is 0 Å². The number of halogens is 1. The second kappa shape index (κ2) is 7.04. The predicted molar refractivity (Wildman–Crippen MR) is 84.8 cm³/mol. The summed E-state index contributed by atoms with van der Waals surface area (Å²) in [6, 6.07) is 9.27. The van der Waals surface area contributed by atoms with Crippen molar-refractivity contribution < 1.29 is 14.3 Å². The molecule has 0 aliphatic heterocycles. The zero-order valence-electron chi connectivity index (χ0n) is 11.7. The van der Waals surface area contributed by atoms with Gasteiger partial charge in [-0.3, -0.25) is 9.59 Å². The molecule has 0 fully saturated rings. The minimum atomic E-state index is -0.446. The summed E-state index contributed by atoms with van der Waals surface area (Å²) in [6.07, 6.45) is 1.54. The van der Waals surface area contributed by atoms with Crippen LogP contribution in [0.3, 0.4) is 0 Å². The van der Waals surface area contributed by atoms with Crippen LogP contribution in [0.1, 0.15) is 10.4 Å². The average molecular weight is 365 g/mol. The lowest BCUT2D eigenvalue weighted by atomic mass is 10.2. The number of amides is 1. The zero-order valence-corrected chi connectivity index (χ0v) is 13.3. The van der Waals surface area contributed by atoms with Gasteiger partial charge in [-0.05, 0) is 46.3 Å². The topological polar surface area (TPSA) is 77.4 Å². The lowest BCUT2D eigenvalue weighted by Crippen LogP contribution is -2.26. The van der Waals surface area contributed by atoms with Crippen molar-refractivity contribution in [2.75, 3.05) is 12.4 Å². The van der Waals surface area contributed by atoms with Crippen molar-refractivity contribution in [1.82, 2.24) is 4.57 Å². The number of esters is 1. The Morgan fingerprint density at radius 2 is 1.86 bits per heavy atom. The number of hydrogen-bond donors (Lipinski definition) is 1. The summed E-state index contributed by atoms with van der Waals surface area (Å²) in [7, 11) is 1.30. The molecule has 7 heteroatoms. The lowest BCUT2D eigenvalue weighted by Gasteiger charge is -2.08. The number of carbonyl (C=O) groups excluding carboxylic acids is 2. The highest BCUT2D eigenvalue weighted by Crippen LogP contribution is 2.11. The van der Waals surface area contributed by atoms with Gasteiger partial charge in [0.1, 0.15) is 6.54 Å². The van der Waals surface area contributed by atoms with Crippen LogP contribution in [0.15, 0.2) is 51.9 Å². The summed E-state index contributed by atoms with van der Waals surface area (Å²) in [5.74, 6) is -0.787. The summed E-state index contributed by atoms with van der Waals surface area (Å²) >= 11 is 3.25. The molecule has 0 radical (unpaired) electrons. The number of methoxy groups -OCH3 is 1. The minimum Gasteiger partial charge on any atom is -0.465 e. The maximum absolute atomic E-state index is 11.9. The largest absolute Gasteiger partial charge is 0.465 e. The van der Waals surface area contributed by atoms with Crippen molar-refractivity contribution >= 4 is 33.5 Å². The molecular weight excluding hydrogens is 352 g/mol. The molecule has 0 spiro atoms. The van der Waals surface area contributed by atoms with Gasteiger partial charge in [0.25, 0.3) is 5.56 Å². The second-order valence-corrected chi connectivity index (χ2v) is 5.35. The van der Waals surface area contributed by atoms with Crippen LogP contribution in [0.4, 0.5) is 5.69 Å². The Balaban J connectivity index is 2.04. The summed E-state index contributed by atoms with van der Waals surface area (Å²) < 4.78 is 6.60. The van der Waals surface area contributed by atoms with E-state index in [1.165, 1.54) is 17.7 Å². The molecule has 1 amide bonds. The Morgan fingerprint density at radius 1 is 1.18 bits per heavy atom. The Hall–Kier alpha value is -2.41. The molecule has 1 aromatic heterocycles. The Morgan fingerprint density at radius 3 is 2.50 bits per heavy atom. The Bertz CT molecular complexity index is 753. The van der Waals surface area contributed by atoms with Gasteiger partial charge in [0.15, 0.2) is 0 Å². The van der Waals surface area contributed by atoms with E-state index in [0.717, 1.165) is 0 Å². The molecule has 0 aliphatic carbocycles. The number of carbonyl (C=O) groups is 2. The molecule has 1 heterocycles. The number of pyridine rings is 1. The highest BCUT2D eigenvalue weighted by Gasteiger charge is 2.08. The predicted octanol–water partition coefficient (Wildman–Crippen LogP) is 2.04. The fourth-order valence-electron chi connectivity index (χ4n) is 1.79. The minimum absolute atomic E-state index is 0.100. The molecule has 2 rings (SSSR count). The Kier molecular flexibility index (Phi) is 5.11. The molecule has 6 nitrogen and oxygen atoms in total. The van der Waals surface area contributed by atoms with E-state index < -0.39 is 5.97 Å². The molecule has 114 valence electrons. The average Bonchev–Trinajstić information content (AvgIpc) is 2.51. The van der Waals surface area contributed by atoms with Gasteiger partial charge in [0.2, 0.25) is 5.91 Å². The highest BCUT2D eigenvalue weighted by atomic mass is 79.9. The van der Waals surface area contributed by atoms with Crippen molar-refractivity contribution in [2.45, 2.75) is 6.54 Å².